The largest absolute Gasteiger partial charge is 0.481 e. The zero-order valence-electron chi connectivity index (χ0n) is 18.9. The molecule has 1 aromatic heterocycles. The molecule has 5 nitrogen and oxygen atoms in total. The first-order valence-electron chi connectivity index (χ1n) is 11.3. The number of hydrogen-bond donors (Lipinski definition) is 1. The van der Waals surface area contributed by atoms with Gasteiger partial charge >= 0.3 is 5.97 Å². The molecule has 5 rings (SSSR count). The Bertz CT molecular complexity index is 1500. The van der Waals surface area contributed by atoms with Crippen LogP contribution in [0.2, 0.25) is 0 Å². The molecule has 172 valence electrons. The number of rotatable bonds is 8. The number of ketones is 1. The van der Waals surface area contributed by atoms with Crippen LogP contribution in [0.15, 0.2) is 109 Å². The predicted molar refractivity (Wildman–Crippen MR) is 135 cm³/mol. The molecule has 0 unspecified atom stereocenters. The van der Waals surface area contributed by atoms with Crippen molar-refractivity contribution in [2.24, 2.45) is 0 Å². The molecule has 0 atom stereocenters. The lowest BCUT2D eigenvalue weighted by molar-refractivity contribution is -0.136. The van der Waals surface area contributed by atoms with Crippen LogP contribution in [0.5, 0.6) is 11.5 Å². The zero-order valence-corrected chi connectivity index (χ0v) is 18.9. The lowest BCUT2D eigenvalue weighted by Crippen LogP contribution is -2.15. The van der Waals surface area contributed by atoms with Gasteiger partial charge in [-0.05, 0) is 35.9 Å². The van der Waals surface area contributed by atoms with Gasteiger partial charge in [-0.3, -0.25) is 9.59 Å². The van der Waals surface area contributed by atoms with Crippen LogP contribution in [0.4, 0.5) is 0 Å². The molecule has 5 aromatic rings. The number of aliphatic carboxylic acids is 1. The Labute approximate surface area is 202 Å². The minimum Gasteiger partial charge on any atom is -0.481 e. The molecule has 0 bridgehead atoms. The maximum atomic E-state index is 14.0. The second-order valence-electron chi connectivity index (χ2n) is 8.26. The average Bonchev–Trinajstić information content (AvgIpc) is 3.17. The van der Waals surface area contributed by atoms with Gasteiger partial charge in [0, 0.05) is 28.6 Å². The van der Waals surface area contributed by atoms with Crippen LogP contribution in [0.25, 0.3) is 10.9 Å². The van der Waals surface area contributed by atoms with Crippen molar-refractivity contribution in [1.29, 1.82) is 0 Å². The maximum Gasteiger partial charge on any atom is 0.307 e. The average molecular weight is 462 g/mol. The summed E-state index contributed by atoms with van der Waals surface area (Å²) in [6.07, 6.45) is -0.246. The second kappa shape index (κ2) is 9.69. The summed E-state index contributed by atoms with van der Waals surface area (Å²) in [7, 11) is 0. The third kappa shape index (κ3) is 4.70. The number of nitrogens with zero attached hydrogens (tertiary/aromatic N) is 1. The highest BCUT2D eigenvalue weighted by Gasteiger charge is 2.25. The zero-order chi connectivity index (χ0) is 24.2. The van der Waals surface area contributed by atoms with Crippen molar-refractivity contribution < 1.29 is 19.4 Å². The van der Waals surface area contributed by atoms with Gasteiger partial charge in [-0.1, -0.05) is 78.9 Å². The van der Waals surface area contributed by atoms with Gasteiger partial charge in [0.2, 0.25) is 5.78 Å². The van der Waals surface area contributed by atoms with Gasteiger partial charge in [0.05, 0.1) is 12.1 Å². The van der Waals surface area contributed by atoms with Crippen LogP contribution in [0.3, 0.4) is 0 Å². The van der Waals surface area contributed by atoms with Crippen LogP contribution >= 0.6 is 0 Å². The van der Waals surface area contributed by atoms with Gasteiger partial charge in [0.1, 0.15) is 11.5 Å². The smallest absolute Gasteiger partial charge is 0.307 e. The summed E-state index contributed by atoms with van der Waals surface area (Å²) in [5.41, 5.74) is 3.18. The molecule has 0 amide bonds. The van der Waals surface area contributed by atoms with Crippen molar-refractivity contribution in [1.82, 2.24) is 4.57 Å². The molecule has 0 aliphatic heterocycles. The summed E-state index contributed by atoms with van der Waals surface area (Å²) < 4.78 is 7.86. The lowest BCUT2D eigenvalue weighted by Gasteiger charge is -2.13. The van der Waals surface area contributed by atoms with Gasteiger partial charge in [-0.15, -0.1) is 0 Å². The van der Waals surface area contributed by atoms with E-state index in [0.29, 0.717) is 34.9 Å². The van der Waals surface area contributed by atoms with Crippen LogP contribution in [-0.4, -0.2) is 21.4 Å². The van der Waals surface area contributed by atoms with Crippen molar-refractivity contribution in [3.63, 3.8) is 0 Å². The molecular weight excluding hydrogens is 438 g/mol. The van der Waals surface area contributed by atoms with Gasteiger partial charge < -0.3 is 14.4 Å². The highest BCUT2D eigenvalue weighted by molar-refractivity contribution is 6.13. The maximum absolute atomic E-state index is 14.0. The van der Waals surface area contributed by atoms with E-state index in [0.717, 1.165) is 16.5 Å². The van der Waals surface area contributed by atoms with E-state index in [9.17, 15) is 14.7 Å². The molecule has 5 heteroatoms. The molecule has 1 N–H and O–H groups in total. The first-order valence-corrected chi connectivity index (χ1v) is 11.3. The number of hydrogen-bond acceptors (Lipinski definition) is 3. The fourth-order valence-electron chi connectivity index (χ4n) is 4.36. The Kier molecular flexibility index (Phi) is 6.14. The van der Waals surface area contributed by atoms with E-state index in [1.54, 1.807) is 24.3 Å². The van der Waals surface area contributed by atoms with Crippen molar-refractivity contribution in [3.05, 3.63) is 132 Å². The number of carbonyl (C=O) groups excluding carboxylic acids is 1. The molecule has 4 aromatic carbocycles. The molecule has 0 radical (unpaired) electrons. The molecule has 0 saturated heterocycles. The Hall–Kier alpha value is -4.64. The number of carbonyl (C=O) groups is 2. The quantitative estimate of drug-likeness (QED) is 0.274. The molecule has 0 aliphatic rings. The summed E-state index contributed by atoms with van der Waals surface area (Å²) in [4.78, 5) is 25.8. The topological polar surface area (TPSA) is 68.5 Å². The van der Waals surface area contributed by atoms with Crippen LogP contribution in [0.1, 0.15) is 27.2 Å². The van der Waals surface area contributed by atoms with E-state index >= 15 is 0 Å². The van der Waals surface area contributed by atoms with Crippen molar-refractivity contribution in [2.75, 3.05) is 0 Å². The fraction of sp³-hybridized carbons (Fsp3) is 0.0667. The number of carboxylic acids is 1. The summed E-state index contributed by atoms with van der Waals surface area (Å²) >= 11 is 0. The normalized spacial score (nSPS) is 10.9. The molecule has 35 heavy (non-hydrogen) atoms. The number of benzene rings is 4. The first kappa shape index (κ1) is 22.2. The summed E-state index contributed by atoms with van der Waals surface area (Å²) in [6.45, 7) is 0.447. The minimum atomic E-state index is -0.983. The van der Waals surface area contributed by atoms with Crippen molar-refractivity contribution in [3.8, 4) is 11.5 Å². The van der Waals surface area contributed by atoms with E-state index in [1.807, 2.05) is 89.5 Å². The standard InChI is InChI=1S/C30H23NO4/c32-28(33)19-26-25-16-7-8-17-27(25)31(20-21-10-3-1-4-11-21)29(26)30(34)22-12-9-15-24(18-22)35-23-13-5-2-6-14-23/h1-18H,19-20H2,(H,32,33). The number of para-hydroxylation sites is 2. The fourth-order valence-corrected chi connectivity index (χ4v) is 4.36. The van der Waals surface area contributed by atoms with E-state index in [-0.39, 0.29) is 12.2 Å². The van der Waals surface area contributed by atoms with Crippen LogP contribution in [-0.2, 0) is 17.8 Å². The summed E-state index contributed by atoms with van der Waals surface area (Å²) in [6, 6.07) is 33.7. The third-order valence-corrected chi connectivity index (χ3v) is 5.88. The first-order chi connectivity index (χ1) is 17.1. The van der Waals surface area contributed by atoms with E-state index in [2.05, 4.69) is 0 Å². The number of carboxylic acid groups (broad SMARTS) is 1. The molecule has 1 heterocycles. The number of ether oxygens (including phenoxy) is 1. The number of aromatic nitrogens is 1. The Balaban J connectivity index is 1.63. The molecule has 0 aliphatic carbocycles. The molecule has 0 fully saturated rings. The number of fused-ring (bicyclic) bond motifs is 1. The lowest BCUT2D eigenvalue weighted by atomic mass is 10.0. The van der Waals surface area contributed by atoms with Gasteiger partial charge in [0.25, 0.3) is 0 Å². The Morgan fingerprint density at radius 1 is 0.743 bits per heavy atom. The van der Waals surface area contributed by atoms with Crippen LogP contribution in [0, 0.1) is 0 Å². The Morgan fingerprint density at radius 3 is 2.14 bits per heavy atom. The second-order valence-corrected chi connectivity index (χ2v) is 8.26. The van der Waals surface area contributed by atoms with Gasteiger partial charge in [-0.25, -0.2) is 0 Å². The summed E-state index contributed by atoms with van der Waals surface area (Å²) in [5, 5.41) is 10.4. The van der Waals surface area contributed by atoms with Crippen LogP contribution < -0.4 is 4.74 Å². The highest BCUT2D eigenvalue weighted by Crippen LogP contribution is 2.31. The van der Waals surface area contributed by atoms with E-state index in [4.69, 9.17) is 4.74 Å². The Morgan fingerprint density at radius 2 is 1.40 bits per heavy atom. The molecular formula is C30H23NO4. The third-order valence-electron chi connectivity index (χ3n) is 5.88. The summed E-state index contributed by atoms with van der Waals surface area (Å²) in [5.74, 6) is -0.0240. The molecule has 0 saturated carbocycles. The SMILES string of the molecule is O=C(O)Cc1c(C(=O)c2cccc(Oc3ccccc3)c2)n(Cc2ccccc2)c2ccccc12. The monoisotopic (exact) mass is 461 g/mol. The van der Waals surface area contributed by atoms with Gasteiger partial charge in [0.15, 0.2) is 0 Å². The van der Waals surface area contributed by atoms with Crippen molar-refractivity contribution >= 4 is 22.7 Å². The van der Waals surface area contributed by atoms with Gasteiger partial charge in [-0.2, -0.15) is 0 Å². The van der Waals surface area contributed by atoms with E-state index < -0.39 is 5.97 Å². The minimum absolute atomic E-state index is 0.244. The molecule has 0 spiro atoms. The predicted octanol–water partition coefficient (Wildman–Crippen LogP) is 6.34. The van der Waals surface area contributed by atoms with E-state index in [1.165, 1.54) is 0 Å². The van der Waals surface area contributed by atoms with Crippen molar-refractivity contribution in [2.45, 2.75) is 13.0 Å². The highest BCUT2D eigenvalue weighted by atomic mass is 16.5.